The van der Waals surface area contributed by atoms with E-state index in [0.29, 0.717) is 6.61 Å². The lowest BCUT2D eigenvalue weighted by Crippen LogP contribution is -2.41. The van der Waals surface area contributed by atoms with Crippen molar-refractivity contribution in [1.82, 2.24) is 0 Å². The SMILES string of the molecule is Cc1ccc(C(O)C2CCOC3(CCOC3)C2)cc1. The Kier molecular flexibility index (Phi) is 3.61. The molecular formula is C16H22O3. The number of rotatable bonds is 2. The molecule has 3 atom stereocenters. The van der Waals surface area contributed by atoms with Crippen LogP contribution in [0.4, 0.5) is 0 Å². The van der Waals surface area contributed by atoms with Crippen molar-refractivity contribution >= 4 is 0 Å². The minimum absolute atomic E-state index is 0.130. The van der Waals surface area contributed by atoms with Crippen LogP contribution < -0.4 is 0 Å². The topological polar surface area (TPSA) is 38.7 Å². The molecule has 19 heavy (non-hydrogen) atoms. The Balaban J connectivity index is 1.72. The number of ether oxygens (including phenoxy) is 2. The van der Waals surface area contributed by atoms with Gasteiger partial charge in [-0.2, -0.15) is 0 Å². The second-order valence-corrected chi connectivity index (χ2v) is 5.94. The van der Waals surface area contributed by atoms with Crippen molar-refractivity contribution in [2.75, 3.05) is 19.8 Å². The van der Waals surface area contributed by atoms with E-state index >= 15 is 0 Å². The second-order valence-electron chi connectivity index (χ2n) is 5.94. The smallest absolute Gasteiger partial charge is 0.0940 e. The van der Waals surface area contributed by atoms with Gasteiger partial charge in [0.1, 0.15) is 0 Å². The Bertz CT molecular complexity index is 420. The highest BCUT2D eigenvalue weighted by Crippen LogP contribution is 2.40. The van der Waals surface area contributed by atoms with Crippen LogP contribution in [0.2, 0.25) is 0 Å². The second kappa shape index (κ2) is 5.23. The van der Waals surface area contributed by atoms with Gasteiger partial charge in [-0.1, -0.05) is 29.8 Å². The Morgan fingerprint density at radius 3 is 2.74 bits per heavy atom. The van der Waals surface area contributed by atoms with Crippen LogP contribution in [-0.4, -0.2) is 30.5 Å². The van der Waals surface area contributed by atoms with Crippen LogP contribution in [-0.2, 0) is 9.47 Å². The van der Waals surface area contributed by atoms with Crippen molar-refractivity contribution in [2.24, 2.45) is 5.92 Å². The van der Waals surface area contributed by atoms with Crippen molar-refractivity contribution in [3.63, 3.8) is 0 Å². The molecule has 0 aromatic heterocycles. The van der Waals surface area contributed by atoms with E-state index in [9.17, 15) is 5.11 Å². The number of hydrogen-bond acceptors (Lipinski definition) is 3. The monoisotopic (exact) mass is 262 g/mol. The number of aliphatic hydroxyl groups is 1. The molecule has 0 bridgehead atoms. The summed E-state index contributed by atoms with van der Waals surface area (Å²) in [6, 6.07) is 8.19. The molecule has 2 aliphatic rings. The molecule has 0 saturated carbocycles. The third-order valence-electron chi connectivity index (χ3n) is 4.46. The van der Waals surface area contributed by atoms with Gasteiger partial charge in [-0.05, 0) is 31.2 Å². The van der Waals surface area contributed by atoms with Gasteiger partial charge in [-0.15, -0.1) is 0 Å². The van der Waals surface area contributed by atoms with Crippen LogP contribution in [0.15, 0.2) is 24.3 Å². The number of hydrogen-bond donors (Lipinski definition) is 1. The highest BCUT2D eigenvalue weighted by molar-refractivity contribution is 5.23. The molecule has 2 heterocycles. The van der Waals surface area contributed by atoms with Crippen LogP contribution in [0.5, 0.6) is 0 Å². The lowest BCUT2D eigenvalue weighted by atomic mass is 9.80. The van der Waals surface area contributed by atoms with Gasteiger partial charge in [0.25, 0.3) is 0 Å². The zero-order chi connectivity index (χ0) is 13.3. The first-order chi connectivity index (χ1) is 9.19. The van der Waals surface area contributed by atoms with E-state index in [1.54, 1.807) is 0 Å². The highest BCUT2D eigenvalue weighted by atomic mass is 16.6. The summed E-state index contributed by atoms with van der Waals surface area (Å²) in [6.07, 6.45) is 2.41. The lowest BCUT2D eigenvalue weighted by Gasteiger charge is -2.39. The van der Waals surface area contributed by atoms with Gasteiger partial charge in [-0.3, -0.25) is 0 Å². The summed E-state index contributed by atoms with van der Waals surface area (Å²) in [5.41, 5.74) is 2.12. The van der Waals surface area contributed by atoms with Crippen molar-refractivity contribution in [2.45, 2.75) is 37.9 Å². The number of benzene rings is 1. The summed E-state index contributed by atoms with van der Waals surface area (Å²) >= 11 is 0. The summed E-state index contributed by atoms with van der Waals surface area (Å²) in [4.78, 5) is 0. The fourth-order valence-electron chi connectivity index (χ4n) is 3.23. The predicted octanol–water partition coefficient (Wildman–Crippen LogP) is 2.61. The van der Waals surface area contributed by atoms with Crippen LogP contribution in [0, 0.1) is 12.8 Å². The number of aliphatic hydroxyl groups excluding tert-OH is 1. The van der Waals surface area contributed by atoms with E-state index in [-0.39, 0.29) is 17.6 Å². The normalized spacial score (nSPS) is 32.6. The lowest BCUT2D eigenvalue weighted by molar-refractivity contribution is -0.117. The third kappa shape index (κ3) is 2.69. The standard InChI is InChI=1S/C16H22O3/c1-12-2-4-13(5-3-12)15(17)14-6-8-19-16(10-14)7-9-18-11-16/h2-5,14-15,17H,6-11H2,1H3. The molecule has 104 valence electrons. The Morgan fingerprint density at radius 2 is 2.05 bits per heavy atom. The van der Waals surface area contributed by atoms with Crippen LogP contribution in [0.3, 0.4) is 0 Å². The zero-order valence-electron chi connectivity index (χ0n) is 11.5. The van der Waals surface area contributed by atoms with Gasteiger partial charge in [0.2, 0.25) is 0 Å². The van der Waals surface area contributed by atoms with Crippen molar-refractivity contribution in [3.8, 4) is 0 Å². The minimum atomic E-state index is -0.387. The molecule has 1 aromatic rings. The molecule has 3 heteroatoms. The molecule has 0 aliphatic carbocycles. The molecule has 1 N–H and O–H groups in total. The van der Waals surface area contributed by atoms with E-state index in [0.717, 1.165) is 38.0 Å². The molecule has 0 amide bonds. The quantitative estimate of drug-likeness (QED) is 0.890. The van der Waals surface area contributed by atoms with Gasteiger partial charge in [-0.25, -0.2) is 0 Å². The van der Waals surface area contributed by atoms with Gasteiger partial charge in [0, 0.05) is 19.6 Å². The average molecular weight is 262 g/mol. The van der Waals surface area contributed by atoms with Crippen LogP contribution >= 0.6 is 0 Å². The van der Waals surface area contributed by atoms with E-state index < -0.39 is 0 Å². The molecule has 1 aromatic carbocycles. The predicted molar refractivity (Wildman–Crippen MR) is 73.0 cm³/mol. The zero-order valence-corrected chi connectivity index (χ0v) is 11.5. The largest absolute Gasteiger partial charge is 0.388 e. The van der Waals surface area contributed by atoms with E-state index in [1.165, 1.54) is 5.56 Å². The fourth-order valence-corrected chi connectivity index (χ4v) is 3.23. The first-order valence-corrected chi connectivity index (χ1v) is 7.15. The maximum absolute atomic E-state index is 10.6. The summed E-state index contributed by atoms with van der Waals surface area (Å²) in [7, 11) is 0. The summed E-state index contributed by atoms with van der Waals surface area (Å²) in [6.45, 7) is 4.27. The fraction of sp³-hybridized carbons (Fsp3) is 0.625. The van der Waals surface area contributed by atoms with Gasteiger partial charge in [0.15, 0.2) is 0 Å². The molecule has 2 saturated heterocycles. The first-order valence-electron chi connectivity index (χ1n) is 7.15. The van der Waals surface area contributed by atoms with Crippen molar-refractivity contribution in [3.05, 3.63) is 35.4 Å². The van der Waals surface area contributed by atoms with E-state index in [2.05, 4.69) is 19.1 Å². The summed E-state index contributed by atoms with van der Waals surface area (Å²) in [5.74, 6) is 0.276. The molecular weight excluding hydrogens is 240 g/mol. The molecule has 2 fully saturated rings. The molecule has 3 unspecified atom stereocenters. The molecule has 1 spiro atoms. The minimum Gasteiger partial charge on any atom is -0.388 e. The Hall–Kier alpha value is -0.900. The molecule has 0 radical (unpaired) electrons. The van der Waals surface area contributed by atoms with Crippen molar-refractivity contribution < 1.29 is 14.6 Å². The Morgan fingerprint density at radius 1 is 1.26 bits per heavy atom. The molecule has 3 nitrogen and oxygen atoms in total. The van der Waals surface area contributed by atoms with Gasteiger partial charge < -0.3 is 14.6 Å². The van der Waals surface area contributed by atoms with Gasteiger partial charge in [0.05, 0.1) is 18.3 Å². The van der Waals surface area contributed by atoms with E-state index in [4.69, 9.17) is 9.47 Å². The first kappa shape index (κ1) is 13.1. The van der Waals surface area contributed by atoms with Crippen LogP contribution in [0.1, 0.15) is 36.5 Å². The van der Waals surface area contributed by atoms with Gasteiger partial charge >= 0.3 is 0 Å². The number of aryl methyl sites for hydroxylation is 1. The van der Waals surface area contributed by atoms with Crippen molar-refractivity contribution in [1.29, 1.82) is 0 Å². The maximum atomic E-state index is 10.6. The average Bonchev–Trinajstić information content (AvgIpc) is 2.87. The van der Waals surface area contributed by atoms with E-state index in [1.807, 2.05) is 12.1 Å². The third-order valence-corrected chi connectivity index (χ3v) is 4.46. The van der Waals surface area contributed by atoms with Crippen LogP contribution in [0.25, 0.3) is 0 Å². The summed E-state index contributed by atoms with van der Waals surface area (Å²) < 4.78 is 11.4. The highest BCUT2D eigenvalue weighted by Gasteiger charge is 2.42. The Labute approximate surface area is 114 Å². The summed E-state index contributed by atoms with van der Waals surface area (Å²) in [5, 5.41) is 10.6. The molecule has 3 rings (SSSR count). The maximum Gasteiger partial charge on any atom is 0.0940 e. The molecule has 2 aliphatic heterocycles.